The molecule has 0 bridgehead atoms. The van der Waals surface area contributed by atoms with Gasteiger partial charge in [-0.15, -0.1) is 11.3 Å². The van der Waals surface area contributed by atoms with Crippen molar-refractivity contribution in [3.8, 4) is 11.5 Å². The number of hydrogen-bond donors (Lipinski definition) is 0. The number of aromatic nitrogens is 1. The van der Waals surface area contributed by atoms with Crippen molar-refractivity contribution in [1.82, 2.24) is 4.98 Å². The number of nitrogens with zero attached hydrogens (tertiary/aromatic N) is 2. The van der Waals surface area contributed by atoms with Gasteiger partial charge in [0, 0.05) is 18.1 Å². The Hall–Kier alpha value is -2.58. The van der Waals surface area contributed by atoms with Gasteiger partial charge in [0.05, 0.1) is 18.7 Å². The van der Waals surface area contributed by atoms with Crippen molar-refractivity contribution in [3.05, 3.63) is 63.6 Å². The van der Waals surface area contributed by atoms with Gasteiger partial charge in [-0.1, -0.05) is 18.2 Å². The van der Waals surface area contributed by atoms with Crippen LogP contribution in [-0.4, -0.2) is 32.2 Å². The van der Waals surface area contributed by atoms with Crippen LogP contribution in [0.15, 0.2) is 52.3 Å². The zero-order valence-corrected chi connectivity index (χ0v) is 18.0. The van der Waals surface area contributed by atoms with Crippen molar-refractivity contribution < 1.29 is 19.0 Å². The third-order valence-electron chi connectivity index (χ3n) is 3.99. The second-order valence-electron chi connectivity index (χ2n) is 5.80. The van der Waals surface area contributed by atoms with Gasteiger partial charge >= 0.3 is 5.97 Å². The molecule has 3 aromatic rings. The minimum Gasteiger partial charge on any atom is -0.493 e. The van der Waals surface area contributed by atoms with Crippen LogP contribution in [0.1, 0.15) is 16.1 Å². The molecule has 0 saturated heterocycles. The van der Waals surface area contributed by atoms with E-state index in [2.05, 4.69) is 20.9 Å². The molecule has 0 radical (unpaired) electrons. The monoisotopic (exact) mass is 462 g/mol. The first-order chi connectivity index (χ1) is 13.5. The molecule has 0 aliphatic rings. The Kier molecular flexibility index (Phi) is 6.53. The van der Waals surface area contributed by atoms with Crippen molar-refractivity contribution in [2.45, 2.75) is 6.61 Å². The number of ether oxygens (including phenoxy) is 3. The largest absolute Gasteiger partial charge is 0.493 e. The van der Waals surface area contributed by atoms with Gasteiger partial charge in [-0.3, -0.25) is 0 Å². The Bertz CT molecular complexity index is 962. The van der Waals surface area contributed by atoms with Gasteiger partial charge in [-0.05, 0) is 45.8 Å². The summed E-state index contributed by atoms with van der Waals surface area (Å²) < 4.78 is 16.7. The fourth-order valence-electron chi connectivity index (χ4n) is 2.55. The number of para-hydroxylation sites is 1. The van der Waals surface area contributed by atoms with Gasteiger partial charge in [-0.2, -0.15) is 0 Å². The number of carbonyl (C=O) groups excluding carboxylic acids is 1. The Labute approximate surface area is 175 Å². The third-order valence-corrected chi connectivity index (χ3v) is 5.50. The zero-order chi connectivity index (χ0) is 20.1. The second-order valence-corrected chi connectivity index (χ2v) is 7.49. The first-order valence-corrected chi connectivity index (χ1v) is 10.0. The van der Waals surface area contributed by atoms with Crippen LogP contribution < -0.4 is 14.4 Å². The molecule has 0 atom stereocenters. The molecule has 8 heteroatoms. The van der Waals surface area contributed by atoms with E-state index in [0.29, 0.717) is 16.6 Å². The summed E-state index contributed by atoms with van der Waals surface area (Å²) in [6.45, 7) is 0.0964. The number of carbonyl (C=O) groups is 1. The molecule has 0 spiro atoms. The molecule has 2 aromatic carbocycles. The average Bonchev–Trinajstić information content (AvgIpc) is 3.22. The van der Waals surface area contributed by atoms with Crippen LogP contribution in [0.3, 0.4) is 0 Å². The van der Waals surface area contributed by atoms with Crippen LogP contribution in [0.25, 0.3) is 0 Å². The number of anilines is 2. The third kappa shape index (κ3) is 4.45. The molecule has 0 aliphatic carbocycles. The van der Waals surface area contributed by atoms with E-state index in [0.717, 1.165) is 15.7 Å². The molecule has 28 heavy (non-hydrogen) atoms. The van der Waals surface area contributed by atoms with Crippen molar-refractivity contribution >= 4 is 44.1 Å². The van der Waals surface area contributed by atoms with Gasteiger partial charge in [0.25, 0.3) is 0 Å². The predicted octanol–water partition coefficient (Wildman–Crippen LogP) is 5.05. The summed E-state index contributed by atoms with van der Waals surface area (Å²) in [5, 5.41) is 2.41. The molecule has 3 rings (SSSR count). The first-order valence-electron chi connectivity index (χ1n) is 8.35. The molecule has 146 valence electrons. The van der Waals surface area contributed by atoms with E-state index < -0.39 is 5.97 Å². The SMILES string of the molecule is COc1cc(COC(=O)c2csc(N(C)c3ccccc3)n2)cc(Br)c1OC. The second kappa shape index (κ2) is 9.07. The summed E-state index contributed by atoms with van der Waals surface area (Å²) in [6.07, 6.45) is 0. The molecule has 0 aliphatic heterocycles. The number of methoxy groups -OCH3 is 2. The Morgan fingerprint density at radius 2 is 1.93 bits per heavy atom. The predicted molar refractivity (Wildman–Crippen MR) is 113 cm³/mol. The van der Waals surface area contributed by atoms with Crippen molar-refractivity contribution in [3.63, 3.8) is 0 Å². The molecule has 1 heterocycles. The fraction of sp³-hybridized carbons (Fsp3) is 0.200. The highest BCUT2D eigenvalue weighted by molar-refractivity contribution is 9.10. The van der Waals surface area contributed by atoms with E-state index in [9.17, 15) is 4.79 Å². The van der Waals surface area contributed by atoms with E-state index in [1.807, 2.05) is 48.3 Å². The number of halogens is 1. The molecule has 0 saturated carbocycles. The molecule has 0 unspecified atom stereocenters. The number of hydrogen-bond acceptors (Lipinski definition) is 7. The Balaban J connectivity index is 1.68. The van der Waals surface area contributed by atoms with Crippen LogP contribution in [0.5, 0.6) is 11.5 Å². The maximum atomic E-state index is 12.4. The molecule has 0 fully saturated rings. The van der Waals surface area contributed by atoms with Gasteiger partial charge in [0.15, 0.2) is 22.3 Å². The molecular weight excluding hydrogens is 444 g/mol. The van der Waals surface area contributed by atoms with Gasteiger partial charge in [0.2, 0.25) is 0 Å². The van der Waals surface area contributed by atoms with Crippen LogP contribution >= 0.6 is 27.3 Å². The van der Waals surface area contributed by atoms with E-state index in [1.54, 1.807) is 25.7 Å². The average molecular weight is 463 g/mol. The highest BCUT2D eigenvalue weighted by atomic mass is 79.9. The van der Waals surface area contributed by atoms with E-state index in [-0.39, 0.29) is 12.3 Å². The zero-order valence-electron chi connectivity index (χ0n) is 15.6. The highest BCUT2D eigenvalue weighted by Crippen LogP contribution is 2.36. The summed E-state index contributed by atoms with van der Waals surface area (Å²) in [5.74, 6) is 0.670. The normalized spacial score (nSPS) is 10.4. The molecule has 1 aromatic heterocycles. The standard InChI is InChI=1S/C20H19BrN2O4S/c1-23(14-7-5-4-6-8-14)20-22-16(12-28-20)19(24)27-11-13-9-15(21)18(26-3)17(10-13)25-2/h4-10,12H,11H2,1-3H3. The van der Waals surface area contributed by atoms with E-state index >= 15 is 0 Å². The minimum atomic E-state index is -0.477. The summed E-state index contributed by atoms with van der Waals surface area (Å²) >= 11 is 4.82. The number of rotatable bonds is 7. The maximum Gasteiger partial charge on any atom is 0.358 e. The van der Waals surface area contributed by atoms with Crippen LogP contribution in [0.2, 0.25) is 0 Å². The Morgan fingerprint density at radius 1 is 1.18 bits per heavy atom. The van der Waals surface area contributed by atoms with Crippen molar-refractivity contribution in [2.75, 3.05) is 26.2 Å². The molecule has 6 nitrogen and oxygen atoms in total. The van der Waals surface area contributed by atoms with Crippen LogP contribution in [0, 0.1) is 0 Å². The maximum absolute atomic E-state index is 12.4. The van der Waals surface area contributed by atoms with E-state index in [1.165, 1.54) is 11.3 Å². The first kappa shape index (κ1) is 20.2. The molecule has 0 amide bonds. The molecular formula is C20H19BrN2O4S. The smallest absolute Gasteiger partial charge is 0.358 e. The summed E-state index contributed by atoms with van der Waals surface area (Å²) in [7, 11) is 5.03. The lowest BCUT2D eigenvalue weighted by Gasteiger charge is -2.15. The lowest BCUT2D eigenvalue weighted by molar-refractivity contribution is 0.0466. The lowest BCUT2D eigenvalue weighted by Crippen LogP contribution is -2.10. The van der Waals surface area contributed by atoms with Gasteiger partial charge in [-0.25, -0.2) is 9.78 Å². The minimum absolute atomic E-state index is 0.0964. The number of thiazole rings is 1. The van der Waals surface area contributed by atoms with Crippen LogP contribution in [0.4, 0.5) is 10.8 Å². The molecule has 0 N–H and O–H groups in total. The quantitative estimate of drug-likeness (QED) is 0.458. The van der Waals surface area contributed by atoms with Crippen molar-refractivity contribution in [2.24, 2.45) is 0 Å². The van der Waals surface area contributed by atoms with Crippen molar-refractivity contribution in [1.29, 1.82) is 0 Å². The summed E-state index contributed by atoms with van der Waals surface area (Å²) in [5.41, 5.74) is 2.05. The number of esters is 1. The van der Waals surface area contributed by atoms with Gasteiger partial charge < -0.3 is 19.1 Å². The summed E-state index contributed by atoms with van der Waals surface area (Å²) in [4.78, 5) is 18.7. The fourth-order valence-corrected chi connectivity index (χ4v) is 3.98. The van der Waals surface area contributed by atoms with Gasteiger partial charge in [0.1, 0.15) is 6.61 Å². The Morgan fingerprint density at radius 3 is 2.61 bits per heavy atom. The lowest BCUT2D eigenvalue weighted by atomic mass is 10.2. The van der Waals surface area contributed by atoms with E-state index in [4.69, 9.17) is 14.2 Å². The highest BCUT2D eigenvalue weighted by Gasteiger charge is 2.16. The van der Waals surface area contributed by atoms with Crippen LogP contribution in [-0.2, 0) is 11.3 Å². The summed E-state index contributed by atoms with van der Waals surface area (Å²) in [6, 6.07) is 13.4. The topological polar surface area (TPSA) is 60.9 Å². The number of benzene rings is 2.